The minimum atomic E-state index is 0.221. The van der Waals surface area contributed by atoms with Crippen LogP contribution >= 0.6 is 0 Å². The van der Waals surface area contributed by atoms with Gasteiger partial charge in [0.2, 0.25) is 0 Å². The number of hydrogen-bond donors (Lipinski definition) is 3. The lowest BCUT2D eigenvalue weighted by Crippen LogP contribution is -2.34. The number of oxime groups is 1. The first-order valence-electron chi connectivity index (χ1n) is 5.70. The number of aromatic nitrogens is 3. The molecule has 1 aromatic rings. The van der Waals surface area contributed by atoms with Crippen molar-refractivity contribution < 1.29 is 5.21 Å². The van der Waals surface area contributed by atoms with Gasteiger partial charge in [0, 0.05) is 32.5 Å². The van der Waals surface area contributed by atoms with E-state index in [-0.39, 0.29) is 11.9 Å². The first kappa shape index (κ1) is 13.4. The van der Waals surface area contributed by atoms with Crippen LogP contribution in [-0.2, 0) is 13.5 Å². The Morgan fingerprint density at radius 1 is 1.71 bits per heavy atom. The van der Waals surface area contributed by atoms with Crippen molar-refractivity contribution in [3.05, 3.63) is 12.2 Å². The fourth-order valence-corrected chi connectivity index (χ4v) is 1.58. The number of amidine groups is 1. The van der Waals surface area contributed by atoms with Crippen LogP contribution in [0, 0.1) is 0 Å². The smallest absolute Gasteiger partial charge is 0.140 e. The zero-order chi connectivity index (χ0) is 12.7. The van der Waals surface area contributed by atoms with Crippen molar-refractivity contribution in [2.24, 2.45) is 17.9 Å². The lowest BCUT2D eigenvalue weighted by molar-refractivity contribution is 0.315. The van der Waals surface area contributed by atoms with Crippen molar-refractivity contribution in [3.8, 4) is 0 Å². The minimum Gasteiger partial charge on any atom is -0.409 e. The Kier molecular flexibility index (Phi) is 5.41. The molecule has 0 aliphatic heterocycles. The van der Waals surface area contributed by atoms with E-state index < -0.39 is 0 Å². The van der Waals surface area contributed by atoms with E-state index in [1.165, 1.54) is 0 Å². The Hall–Kier alpha value is -1.63. The maximum Gasteiger partial charge on any atom is 0.140 e. The highest BCUT2D eigenvalue weighted by Gasteiger charge is 2.08. The van der Waals surface area contributed by atoms with Gasteiger partial charge in [-0.05, 0) is 6.42 Å². The van der Waals surface area contributed by atoms with Crippen LogP contribution in [0.15, 0.2) is 11.5 Å². The lowest BCUT2D eigenvalue weighted by Gasteiger charge is -2.15. The molecule has 7 heteroatoms. The zero-order valence-electron chi connectivity index (χ0n) is 10.3. The third-order valence-electron chi connectivity index (χ3n) is 2.66. The van der Waals surface area contributed by atoms with E-state index in [0.29, 0.717) is 6.42 Å². The quantitative estimate of drug-likeness (QED) is 0.266. The maximum absolute atomic E-state index is 8.50. The fourth-order valence-electron chi connectivity index (χ4n) is 1.58. The molecule has 0 radical (unpaired) electrons. The average molecular weight is 240 g/mol. The molecule has 7 nitrogen and oxygen atoms in total. The SMILES string of the molecule is CCC(CC(N)=NO)NCCc1nncn1C. The summed E-state index contributed by atoms with van der Waals surface area (Å²) in [5.74, 6) is 1.19. The molecule has 4 N–H and O–H groups in total. The Labute approximate surface area is 101 Å². The summed E-state index contributed by atoms with van der Waals surface area (Å²) < 4.78 is 1.90. The van der Waals surface area contributed by atoms with E-state index in [1.807, 2.05) is 11.6 Å². The first-order chi connectivity index (χ1) is 8.17. The minimum absolute atomic E-state index is 0.221. The number of hydrogen-bond acceptors (Lipinski definition) is 5. The molecule has 1 rings (SSSR count). The van der Waals surface area contributed by atoms with Crippen LogP contribution in [0.1, 0.15) is 25.6 Å². The summed E-state index contributed by atoms with van der Waals surface area (Å²) in [6.45, 7) is 2.86. The molecule has 1 unspecified atom stereocenters. The molecule has 0 aromatic carbocycles. The Balaban J connectivity index is 2.31. The van der Waals surface area contributed by atoms with E-state index in [0.717, 1.165) is 25.2 Å². The lowest BCUT2D eigenvalue weighted by atomic mass is 10.1. The molecule has 0 aliphatic rings. The summed E-state index contributed by atoms with van der Waals surface area (Å²) in [6.07, 6.45) is 3.97. The summed E-state index contributed by atoms with van der Waals surface area (Å²) in [5, 5.41) is 22.6. The normalized spacial score (nSPS) is 13.9. The van der Waals surface area contributed by atoms with Crippen molar-refractivity contribution in [3.63, 3.8) is 0 Å². The van der Waals surface area contributed by atoms with Gasteiger partial charge in [-0.1, -0.05) is 12.1 Å². The van der Waals surface area contributed by atoms with Crippen LogP contribution in [0.2, 0.25) is 0 Å². The Morgan fingerprint density at radius 3 is 3.00 bits per heavy atom. The molecular formula is C10H20N6O. The monoisotopic (exact) mass is 240 g/mol. The number of nitrogens with zero attached hydrogens (tertiary/aromatic N) is 4. The molecule has 1 heterocycles. The number of nitrogens with two attached hydrogens (primary N) is 1. The van der Waals surface area contributed by atoms with Crippen molar-refractivity contribution in [1.82, 2.24) is 20.1 Å². The molecule has 0 saturated heterocycles. The topological polar surface area (TPSA) is 101 Å². The first-order valence-corrected chi connectivity index (χ1v) is 5.70. The largest absolute Gasteiger partial charge is 0.409 e. The molecule has 96 valence electrons. The predicted octanol–water partition coefficient (Wildman–Crippen LogP) is -0.138. The number of nitrogens with one attached hydrogen (secondary N) is 1. The summed E-state index contributed by atoms with van der Waals surface area (Å²) in [7, 11) is 1.92. The molecule has 0 saturated carbocycles. The maximum atomic E-state index is 8.50. The molecule has 17 heavy (non-hydrogen) atoms. The molecular weight excluding hydrogens is 220 g/mol. The highest BCUT2D eigenvalue weighted by molar-refractivity contribution is 5.80. The molecule has 1 aromatic heterocycles. The highest BCUT2D eigenvalue weighted by Crippen LogP contribution is 1.98. The van der Waals surface area contributed by atoms with E-state index in [2.05, 4.69) is 27.6 Å². The zero-order valence-corrected chi connectivity index (χ0v) is 10.3. The van der Waals surface area contributed by atoms with Crippen molar-refractivity contribution >= 4 is 5.84 Å². The molecule has 1 atom stereocenters. The molecule has 0 spiro atoms. The van der Waals surface area contributed by atoms with E-state index >= 15 is 0 Å². The van der Waals surface area contributed by atoms with E-state index in [1.54, 1.807) is 6.33 Å². The Bertz CT molecular complexity index is 361. The molecule has 0 aliphatic carbocycles. The summed E-state index contributed by atoms with van der Waals surface area (Å²) in [4.78, 5) is 0. The number of aryl methyl sites for hydroxylation is 1. The third-order valence-corrected chi connectivity index (χ3v) is 2.66. The van der Waals surface area contributed by atoms with Crippen LogP contribution < -0.4 is 11.1 Å². The van der Waals surface area contributed by atoms with Gasteiger partial charge in [0.05, 0.1) is 0 Å². The van der Waals surface area contributed by atoms with E-state index in [9.17, 15) is 0 Å². The van der Waals surface area contributed by atoms with Gasteiger partial charge in [-0.3, -0.25) is 0 Å². The van der Waals surface area contributed by atoms with Gasteiger partial charge in [-0.2, -0.15) is 0 Å². The average Bonchev–Trinajstić information content (AvgIpc) is 2.73. The van der Waals surface area contributed by atoms with Crippen LogP contribution in [0.25, 0.3) is 0 Å². The number of rotatable bonds is 7. The van der Waals surface area contributed by atoms with Crippen LogP contribution in [0.4, 0.5) is 0 Å². The van der Waals surface area contributed by atoms with Gasteiger partial charge in [0.15, 0.2) is 0 Å². The standard InChI is InChI=1S/C10H20N6O/c1-3-8(6-9(11)15-17)12-5-4-10-14-13-7-16(10)2/h7-8,12,17H,3-6H2,1-2H3,(H2,11,15). The molecule has 0 fully saturated rings. The van der Waals surface area contributed by atoms with Crippen LogP contribution in [0.3, 0.4) is 0 Å². The molecule has 0 bridgehead atoms. The summed E-state index contributed by atoms with van der Waals surface area (Å²) in [6, 6.07) is 0.221. The van der Waals surface area contributed by atoms with Gasteiger partial charge in [-0.25, -0.2) is 0 Å². The second kappa shape index (κ2) is 6.85. The van der Waals surface area contributed by atoms with E-state index in [4.69, 9.17) is 10.9 Å². The summed E-state index contributed by atoms with van der Waals surface area (Å²) in [5.41, 5.74) is 5.47. The van der Waals surface area contributed by atoms with Crippen molar-refractivity contribution in [1.29, 1.82) is 0 Å². The Morgan fingerprint density at radius 2 is 2.47 bits per heavy atom. The van der Waals surface area contributed by atoms with Gasteiger partial charge < -0.3 is 20.8 Å². The van der Waals surface area contributed by atoms with Gasteiger partial charge in [0.25, 0.3) is 0 Å². The van der Waals surface area contributed by atoms with Crippen molar-refractivity contribution in [2.45, 2.75) is 32.2 Å². The van der Waals surface area contributed by atoms with Gasteiger partial charge in [-0.15, -0.1) is 10.2 Å². The van der Waals surface area contributed by atoms with Crippen LogP contribution in [-0.4, -0.2) is 38.4 Å². The fraction of sp³-hybridized carbons (Fsp3) is 0.700. The second-order valence-corrected chi connectivity index (χ2v) is 3.96. The predicted molar refractivity (Wildman–Crippen MR) is 64.8 cm³/mol. The van der Waals surface area contributed by atoms with Gasteiger partial charge >= 0.3 is 0 Å². The van der Waals surface area contributed by atoms with Gasteiger partial charge in [0.1, 0.15) is 18.0 Å². The third kappa shape index (κ3) is 4.39. The summed E-state index contributed by atoms with van der Waals surface area (Å²) >= 11 is 0. The molecule has 0 amide bonds. The second-order valence-electron chi connectivity index (χ2n) is 3.96. The highest BCUT2D eigenvalue weighted by atomic mass is 16.4. The van der Waals surface area contributed by atoms with Crippen molar-refractivity contribution in [2.75, 3.05) is 6.54 Å². The van der Waals surface area contributed by atoms with Crippen LogP contribution in [0.5, 0.6) is 0 Å².